The lowest BCUT2D eigenvalue weighted by Gasteiger charge is -2.27. The van der Waals surface area contributed by atoms with Gasteiger partial charge in [0.15, 0.2) is 0 Å². The normalized spacial score (nSPS) is 24.3. The van der Waals surface area contributed by atoms with Crippen molar-refractivity contribution in [2.75, 3.05) is 0 Å². The van der Waals surface area contributed by atoms with Crippen LogP contribution < -0.4 is 0 Å². The second-order valence-corrected chi connectivity index (χ2v) is 12.1. The Kier molecular flexibility index (Phi) is 6.45. The Morgan fingerprint density at radius 2 is 1.36 bits per heavy atom. The molecule has 1 aromatic rings. The van der Waals surface area contributed by atoms with Gasteiger partial charge in [-0.3, -0.25) is 0 Å². The summed E-state index contributed by atoms with van der Waals surface area (Å²) in [7, 11) is -3.69. The first-order valence-electron chi connectivity index (χ1n) is 10.5. The van der Waals surface area contributed by atoms with Crippen LogP contribution in [0.4, 0.5) is 0 Å². The summed E-state index contributed by atoms with van der Waals surface area (Å²) in [4.78, 5) is 0.456. The van der Waals surface area contributed by atoms with E-state index in [1.807, 2.05) is 27.7 Å². The number of aliphatic hydroxyl groups excluding tert-OH is 1. The average Bonchev–Trinajstić information content (AvgIpc) is 3.23. The molecule has 0 amide bonds. The van der Waals surface area contributed by atoms with E-state index in [9.17, 15) is 13.5 Å². The average molecular weight is 410 g/mol. The maximum Gasteiger partial charge on any atom is 0.244 e. The minimum absolute atomic E-state index is 0.0993. The van der Waals surface area contributed by atoms with Crippen molar-refractivity contribution in [3.8, 4) is 0 Å². The first-order valence-corrected chi connectivity index (χ1v) is 12.0. The Morgan fingerprint density at radius 3 is 1.68 bits per heavy atom. The molecule has 0 radical (unpaired) electrons. The molecule has 0 bridgehead atoms. The zero-order valence-electron chi connectivity index (χ0n) is 19.2. The van der Waals surface area contributed by atoms with Gasteiger partial charge in [0.05, 0.1) is 17.0 Å². The molecular formula is C23H39NO3S. The first-order chi connectivity index (χ1) is 12.6. The topological polar surface area (TPSA) is 57.4 Å². The zero-order chi connectivity index (χ0) is 21.8. The molecule has 2 rings (SSSR count). The van der Waals surface area contributed by atoms with Gasteiger partial charge in [-0.2, -0.15) is 4.31 Å². The second-order valence-electron chi connectivity index (χ2n) is 10.4. The van der Waals surface area contributed by atoms with Gasteiger partial charge in [0, 0.05) is 6.04 Å². The molecule has 1 N–H and O–H groups in total. The summed E-state index contributed by atoms with van der Waals surface area (Å²) >= 11 is 0. The highest BCUT2D eigenvalue weighted by atomic mass is 32.2. The fraction of sp³-hybridized carbons (Fsp3) is 0.739. The molecule has 0 spiro atoms. The van der Waals surface area contributed by atoms with Gasteiger partial charge in [0.2, 0.25) is 10.0 Å². The van der Waals surface area contributed by atoms with Gasteiger partial charge >= 0.3 is 0 Å². The molecule has 0 aromatic heterocycles. The number of sulfonamides is 1. The Hall–Kier alpha value is -0.910. The van der Waals surface area contributed by atoms with E-state index in [0.29, 0.717) is 10.8 Å². The quantitative estimate of drug-likeness (QED) is 0.655. The van der Waals surface area contributed by atoms with E-state index < -0.39 is 16.1 Å². The molecule has 1 aliphatic heterocycles. The molecule has 0 saturated carbocycles. The second kappa shape index (κ2) is 7.73. The fourth-order valence-corrected chi connectivity index (χ4v) is 6.45. The van der Waals surface area contributed by atoms with Gasteiger partial charge < -0.3 is 5.11 Å². The van der Waals surface area contributed by atoms with Gasteiger partial charge in [0.25, 0.3) is 0 Å². The van der Waals surface area contributed by atoms with Crippen LogP contribution in [0.25, 0.3) is 0 Å². The van der Waals surface area contributed by atoms with Crippen molar-refractivity contribution < 1.29 is 13.5 Å². The van der Waals surface area contributed by atoms with Crippen LogP contribution in [0.3, 0.4) is 0 Å². The summed E-state index contributed by atoms with van der Waals surface area (Å²) in [6.45, 7) is 20.2. The molecule has 1 unspecified atom stereocenters. The molecule has 28 heavy (non-hydrogen) atoms. The van der Waals surface area contributed by atoms with E-state index >= 15 is 0 Å². The highest BCUT2D eigenvalue weighted by Gasteiger charge is 2.58. The Morgan fingerprint density at radius 1 is 0.929 bits per heavy atom. The van der Waals surface area contributed by atoms with Crippen LogP contribution in [0.2, 0.25) is 0 Å². The van der Waals surface area contributed by atoms with Crippen molar-refractivity contribution in [1.82, 2.24) is 4.31 Å². The van der Waals surface area contributed by atoms with Crippen molar-refractivity contribution in [2.45, 2.75) is 110 Å². The molecular weight excluding hydrogens is 370 g/mol. The Labute approximate surface area is 172 Å². The molecule has 4 nitrogen and oxygen atoms in total. The van der Waals surface area contributed by atoms with Crippen molar-refractivity contribution >= 4 is 10.0 Å². The molecule has 160 valence electrons. The molecule has 4 atom stereocenters. The van der Waals surface area contributed by atoms with E-state index in [-0.39, 0.29) is 29.3 Å². The Balaban J connectivity index is 2.66. The van der Waals surface area contributed by atoms with Crippen LogP contribution in [0.1, 0.15) is 104 Å². The van der Waals surface area contributed by atoms with E-state index in [4.69, 9.17) is 0 Å². The van der Waals surface area contributed by atoms with Crippen molar-refractivity contribution in [2.24, 2.45) is 5.41 Å². The number of rotatable bonds is 6. The predicted molar refractivity (Wildman–Crippen MR) is 116 cm³/mol. The van der Waals surface area contributed by atoms with E-state index in [1.54, 1.807) is 0 Å². The molecule has 1 heterocycles. The summed E-state index contributed by atoms with van der Waals surface area (Å²) in [5, 5.41) is 10.7. The largest absolute Gasteiger partial charge is 0.391 e. The summed E-state index contributed by atoms with van der Waals surface area (Å²) < 4.78 is 29.1. The minimum Gasteiger partial charge on any atom is -0.391 e. The van der Waals surface area contributed by atoms with Crippen LogP contribution in [-0.2, 0) is 10.0 Å². The molecule has 1 aromatic carbocycles. The number of hydrogen-bond donors (Lipinski definition) is 1. The van der Waals surface area contributed by atoms with Gasteiger partial charge in [0.1, 0.15) is 0 Å². The number of benzene rings is 1. The van der Waals surface area contributed by atoms with Gasteiger partial charge in [-0.25, -0.2) is 8.42 Å². The third-order valence-electron chi connectivity index (χ3n) is 5.93. The standard InChI is InChI=1S/C23H39NO3S/c1-13(2)17-11-18(14(3)4)21(19(12-17)15(5)6)28(26,27)24-16(7)20(24)22(25)23(8,9)10/h11-16,20,22,25H,1-10H3/t16-,20+,22-,24?/m1/s1. The molecule has 1 fully saturated rings. The van der Waals surface area contributed by atoms with Gasteiger partial charge in [-0.15, -0.1) is 0 Å². The molecule has 5 heteroatoms. The maximum atomic E-state index is 13.8. The predicted octanol–water partition coefficient (Wildman–Crippen LogP) is 5.23. The zero-order valence-corrected chi connectivity index (χ0v) is 20.1. The van der Waals surface area contributed by atoms with Crippen LogP contribution in [0, 0.1) is 5.41 Å². The van der Waals surface area contributed by atoms with Crippen molar-refractivity contribution in [1.29, 1.82) is 0 Å². The molecule has 1 aliphatic rings. The number of hydrogen-bond acceptors (Lipinski definition) is 3. The maximum absolute atomic E-state index is 13.8. The SMILES string of the molecule is CC(C)c1cc(C(C)C)c(S(=O)(=O)N2[C@H]([C@@H](O)C(C)(C)C)[C@H]2C)c(C(C)C)c1. The highest BCUT2D eigenvalue weighted by molar-refractivity contribution is 7.89. The Bertz CT molecular complexity index is 790. The molecule has 1 saturated heterocycles. The minimum atomic E-state index is -3.69. The van der Waals surface area contributed by atoms with Crippen molar-refractivity contribution in [3.63, 3.8) is 0 Å². The fourth-order valence-electron chi connectivity index (χ4n) is 3.93. The smallest absolute Gasteiger partial charge is 0.244 e. The monoisotopic (exact) mass is 409 g/mol. The summed E-state index contributed by atoms with van der Waals surface area (Å²) in [6.07, 6.45) is -0.697. The molecule has 0 aliphatic carbocycles. The third-order valence-corrected chi connectivity index (χ3v) is 8.04. The van der Waals surface area contributed by atoms with E-state index in [2.05, 4.69) is 53.7 Å². The van der Waals surface area contributed by atoms with E-state index in [0.717, 1.165) is 11.1 Å². The lowest BCUT2D eigenvalue weighted by atomic mass is 9.86. The summed E-state index contributed by atoms with van der Waals surface area (Å²) in [5.74, 6) is 0.534. The van der Waals surface area contributed by atoms with Gasteiger partial charge in [-0.05, 0) is 46.8 Å². The van der Waals surface area contributed by atoms with Crippen LogP contribution >= 0.6 is 0 Å². The van der Waals surface area contributed by atoms with Crippen LogP contribution in [-0.4, -0.2) is 36.0 Å². The number of aliphatic hydroxyl groups is 1. The third kappa shape index (κ3) is 4.17. The van der Waals surface area contributed by atoms with E-state index in [1.165, 1.54) is 9.87 Å². The first kappa shape index (κ1) is 23.4. The van der Waals surface area contributed by atoms with Crippen molar-refractivity contribution in [3.05, 3.63) is 28.8 Å². The lowest BCUT2D eigenvalue weighted by Crippen LogP contribution is -2.34. The van der Waals surface area contributed by atoms with Crippen LogP contribution in [0.5, 0.6) is 0 Å². The summed E-state index contributed by atoms with van der Waals surface area (Å²) in [6, 6.07) is 3.58. The summed E-state index contributed by atoms with van der Waals surface area (Å²) in [5.41, 5.74) is 2.58. The lowest BCUT2D eigenvalue weighted by molar-refractivity contribution is 0.0555. The number of nitrogens with zero attached hydrogens (tertiary/aromatic N) is 1. The van der Waals surface area contributed by atoms with Gasteiger partial charge in [-0.1, -0.05) is 74.4 Å². The van der Waals surface area contributed by atoms with Crippen LogP contribution in [0.15, 0.2) is 17.0 Å². The highest BCUT2D eigenvalue weighted by Crippen LogP contribution is 2.45.